The number of hydrogen-bond acceptors (Lipinski definition) is 4. The molecule has 0 aromatic heterocycles. The topological polar surface area (TPSA) is 57.2 Å². The number of halogens is 4. The van der Waals surface area contributed by atoms with Crippen molar-refractivity contribution in [1.29, 1.82) is 0 Å². The molecule has 0 radical (unpaired) electrons. The van der Waals surface area contributed by atoms with Crippen LogP contribution in [-0.4, -0.2) is 24.5 Å². The quantitative estimate of drug-likeness (QED) is 0.234. The maximum absolute atomic E-state index is 13.5. The van der Waals surface area contributed by atoms with Crippen molar-refractivity contribution in [2.45, 2.75) is 5.51 Å². The smallest absolute Gasteiger partial charge is 0.485 e. The van der Waals surface area contributed by atoms with Gasteiger partial charge in [0.2, 0.25) is 0 Å². The largest absolute Gasteiger partial charge is 0.741 e. The Morgan fingerprint density at radius 1 is 0.733 bits per heavy atom. The monoisotopic (exact) mass is 476 g/mol. The molecule has 3 rings (SSSR count). The van der Waals surface area contributed by atoms with Crippen LogP contribution in [0.3, 0.4) is 0 Å². The molecule has 0 bridgehead atoms. The molecule has 160 valence electrons. The van der Waals surface area contributed by atoms with E-state index in [2.05, 4.69) is 36.4 Å². The van der Waals surface area contributed by atoms with Crippen LogP contribution in [0, 0.1) is 0 Å². The van der Waals surface area contributed by atoms with Crippen molar-refractivity contribution >= 4 is 43.9 Å². The third-order valence-corrected chi connectivity index (χ3v) is 11.4. The fraction of sp³-hybridized carbons (Fsp3) is 0.100. The van der Waals surface area contributed by atoms with Gasteiger partial charge in [0.25, 0.3) is 0 Å². The lowest BCUT2D eigenvalue weighted by Gasteiger charge is -2.24. The normalized spacial score (nSPS) is 12.0. The zero-order valence-corrected chi connectivity index (χ0v) is 17.9. The molecule has 0 amide bonds. The summed E-state index contributed by atoms with van der Waals surface area (Å²) < 4.78 is 72.4. The Morgan fingerprint density at radius 3 is 1.20 bits per heavy atom. The van der Waals surface area contributed by atoms with Crippen LogP contribution in [0.4, 0.5) is 17.6 Å². The van der Waals surface area contributed by atoms with Gasteiger partial charge in [0.1, 0.15) is 15.9 Å². The van der Waals surface area contributed by atoms with Crippen LogP contribution < -0.4 is 15.9 Å². The summed E-state index contributed by atoms with van der Waals surface area (Å²) in [5.74, 6) is 0. The second-order valence-electron chi connectivity index (χ2n) is 5.75. The first-order chi connectivity index (χ1) is 14.1. The highest BCUT2D eigenvalue weighted by molar-refractivity contribution is 8.69. The van der Waals surface area contributed by atoms with E-state index in [0.717, 1.165) is 0 Å². The molecule has 10 heteroatoms. The van der Waals surface area contributed by atoms with Crippen molar-refractivity contribution in [3.05, 3.63) is 91.0 Å². The van der Waals surface area contributed by atoms with Gasteiger partial charge in [-0.05, 0) is 36.4 Å². The van der Waals surface area contributed by atoms with Crippen LogP contribution in [0.2, 0.25) is 0 Å². The van der Waals surface area contributed by atoms with Gasteiger partial charge in [-0.3, -0.25) is 0 Å². The molecule has 0 saturated carbocycles. The van der Waals surface area contributed by atoms with Gasteiger partial charge >= 0.3 is 5.51 Å². The molecular weight excluding hydrogens is 459 g/mol. The van der Waals surface area contributed by atoms with E-state index in [4.69, 9.17) is 13.0 Å². The summed E-state index contributed by atoms with van der Waals surface area (Å²) in [6.45, 7) is -2.01. The van der Waals surface area contributed by atoms with E-state index in [9.17, 15) is 17.6 Å². The molecule has 0 unspecified atom stereocenters. The average Bonchev–Trinajstić information content (AvgIpc) is 2.73. The maximum Gasteiger partial charge on any atom is 0.485 e. The predicted molar refractivity (Wildman–Crippen MR) is 114 cm³/mol. The maximum atomic E-state index is 13.5. The van der Waals surface area contributed by atoms with E-state index in [1.807, 2.05) is 54.6 Å². The summed E-state index contributed by atoms with van der Waals surface area (Å²) in [4.78, 5) is 0. The highest BCUT2D eigenvalue weighted by atomic mass is 32.7. The molecule has 0 spiro atoms. The van der Waals surface area contributed by atoms with Crippen LogP contribution in [0.5, 0.6) is 0 Å². The van der Waals surface area contributed by atoms with Gasteiger partial charge in [-0.15, -0.1) is 0 Å². The minimum absolute atomic E-state index is 0.396. The van der Waals surface area contributed by atoms with Gasteiger partial charge in [0.05, 0.1) is 11.4 Å². The first-order valence-corrected chi connectivity index (χ1v) is 13.2. The third-order valence-electron chi connectivity index (χ3n) is 3.89. The molecule has 0 N–H and O–H groups in total. The Labute approximate surface area is 177 Å². The first kappa shape index (κ1) is 24.3. The molecule has 0 saturated heterocycles. The minimum atomic E-state index is -6.09. The molecule has 0 aliphatic rings. The lowest BCUT2D eigenvalue weighted by Crippen LogP contribution is -2.28. The molecule has 3 aromatic rings. The zero-order chi connectivity index (χ0) is 22.3. The highest BCUT2D eigenvalue weighted by Gasteiger charge is 2.47. The van der Waals surface area contributed by atoms with Crippen molar-refractivity contribution < 1.29 is 30.5 Å². The summed E-state index contributed by atoms with van der Waals surface area (Å²) in [6, 6.07) is 30.6. The van der Waals surface area contributed by atoms with Crippen LogP contribution in [0.1, 0.15) is 0 Å². The second-order valence-corrected chi connectivity index (χ2v) is 12.8. The fourth-order valence-electron chi connectivity index (χ4n) is 2.66. The summed E-state index contributed by atoms with van der Waals surface area (Å²) in [7, 11) is -6.09. The van der Waals surface area contributed by atoms with Gasteiger partial charge in [-0.2, -0.15) is 13.2 Å². The minimum Gasteiger partial charge on any atom is -0.741 e. The van der Waals surface area contributed by atoms with Crippen molar-refractivity contribution in [1.82, 2.24) is 0 Å². The van der Waals surface area contributed by atoms with E-state index >= 15 is 0 Å². The lowest BCUT2D eigenvalue weighted by atomic mass is 10.4. The Morgan fingerprint density at radius 2 is 1.00 bits per heavy atom. The molecular formula is C20H17F4O3PS2. The van der Waals surface area contributed by atoms with E-state index in [0.29, 0.717) is 0 Å². The molecule has 3 aromatic carbocycles. The molecule has 0 aliphatic heterocycles. The molecule has 0 atom stereocenters. The van der Waals surface area contributed by atoms with Crippen molar-refractivity contribution in [3.8, 4) is 0 Å². The van der Waals surface area contributed by atoms with Crippen molar-refractivity contribution in [2.24, 2.45) is 0 Å². The first-order valence-electron chi connectivity index (χ1n) is 8.41. The van der Waals surface area contributed by atoms with E-state index < -0.39 is 28.1 Å². The van der Waals surface area contributed by atoms with E-state index in [1.54, 1.807) is 0 Å². The van der Waals surface area contributed by atoms with E-state index in [-0.39, 0.29) is 0 Å². The number of benzene rings is 3. The number of alkyl halides is 4. The Balaban J connectivity index is 0.000000343. The van der Waals surface area contributed by atoms with Crippen molar-refractivity contribution in [3.63, 3.8) is 0 Å². The molecule has 30 heavy (non-hydrogen) atoms. The van der Waals surface area contributed by atoms with Crippen molar-refractivity contribution in [2.75, 3.05) is 6.01 Å². The standard InChI is InChI=1S/C19H17FPS.CHF3O3S/c20-16-22-21(17-10-4-1-5-11-17,18-12-6-2-7-13-18)19-14-8-3-9-15-19;2-1(3,4)8(5,6)7/h1-15H,16H2;(H,5,6,7)/q+1;/p-1. The summed E-state index contributed by atoms with van der Waals surface area (Å²) in [5, 5.41) is 3.61. The molecule has 0 fully saturated rings. The SMILES string of the molecule is FCS[P+](c1ccccc1)(c1ccccc1)c1ccccc1.O=S(=O)([O-])C(F)(F)F. The van der Waals surface area contributed by atoms with Crippen LogP contribution >= 0.6 is 17.8 Å². The third kappa shape index (κ3) is 5.82. The fourth-order valence-corrected chi connectivity index (χ4v) is 8.80. The van der Waals surface area contributed by atoms with Gasteiger partial charge in [0, 0.05) is 0 Å². The van der Waals surface area contributed by atoms with Crippen LogP contribution in [-0.2, 0) is 10.1 Å². The summed E-state index contributed by atoms with van der Waals surface area (Å²) >= 11 is 1.43. The van der Waals surface area contributed by atoms with Gasteiger partial charge in [0.15, 0.2) is 22.6 Å². The Hall–Kier alpha value is -1.93. The lowest BCUT2D eigenvalue weighted by molar-refractivity contribution is -0.0517. The summed E-state index contributed by atoms with van der Waals surface area (Å²) in [6.07, 6.45) is 0. The summed E-state index contributed by atoms with van der Waals surface area (Å²) in [5.41, 5.74) is -5.65. The van der Waals surface area contributed by atoms with Gasteiger partial charge in [-0.25, -0.2) is 12.8 Å². The molecule has 0 heterocycles. The Bertz CT molecular complexity index is 920. The Kier molecular flexibility index (Phi) is 8.43. The number of hydrogen-bond donors (Lipinski definition) is 0. The van der Waals surface area contributed by atoms with E-state index in [1.165, 1.54) is 27.3 Å². The van der Waals surface area contributed by atoms with Gasteiger partial charge < -0.3 is 4.55 Å². The van der Waals surface area contributed by atoms with Crippen LogP contribution in [0.15, 0.2) is 91.0 Å². The average molecular weight is 476 g/mol. The predicted octanol–water partition coefficient (Wildman–Crippen LogP) is 4.61. The molecule has 3 nitrogen and oxygen atoms in total. The second kappa shape index (κ2) is 10.4. The number of rotatable bonds is 5. The molecule has 0 aliphatic carbocycles. The van der Waals surface area contributed by atoms with Gasteiger partial charge in [-0.1, -0.05) is 54.6 Å². The highest BCUT2D eigenvalue weighted by Crippen LogP contribution is 2.66. The zero-order valence-electron chi connectivity index (χ0n) is 15.4. The van der Waals surface area contributed by atoms with Crippen LogP contribution in [0.25, 0.3) is 0 Å².